The lowest BCUT2D eigenvalue weighted by Gasteiger charge is -2.48. The Hall–Kier alpha value is -1.68. The van der Waals surface area contributed by atoms with Crippen LogP contribution in [0, 0.1) is 5.92 Å². The number of carbonyl (C=O) groups excluding carboxylic acids is 2. The Morgan fingerprint density at radius 3 is 2.37 bits per heavy atom. The van der Waals surface area contributed by atoms with Crippen LogP contribution in [0.3, 0.4) is 0 Å². The number of benzene rings is 1. The van der Waals surface area contributed by atoms with E-state index in [-0.39, 0.29) is 23.3 Å². The zero-order chi connectivity index (χ0) is 19.0. The second kappa shape index (κ2) is 7.38. The smallest absolute Gasteiger partial charge is 0.230 e. The first kappa shape index (κ1) is 18.7. The van der Waals surface area contributed by atoms with Gasteiger partial charge in [-0.25, -0.2) is 0 Å². The molecule has 0 bridgehead atoms. The summed E-state index contributed by atoms with van der Waals surface area (Å²) in [5, 5.41) is 0. The summed E-state index contributed by atoms with van der Waals surface area (Å²) in [6.45, 7) is 8.11. The molecular weight excluding hydrogens is 336 g/mol. The van der Waals surface area contributed by atoms with Gasteiger partial charge in [0.15, 0.2) is 0 Å². The first-order chi connectivity index (χ1) is 13.0. The van der Waals surface area contributed by atoms with E-state index >= 15 is 0 Å². The number of carbonyl (C=O) groups is 2. The molecule has 2 fully saturated rings. The second-order valence-electron chi connectivity index (χ2n) is 9.10. The van der Waals surface area contributed by atoms with E-state index in [2.05, 4.69) is 43.0 Å². The molecule has 2 aliphatic heterocycles. The normalized spacial score (nSPS) is 25.4. The van der Waals surface area contributed by atoms with Crippen LogP contribution >= 0.6 is 0 Å². The van der Waals surface area contributed by atoms with E-state index < -0.39 is 0 Å². The van der Waals surface area contributed by atoms with Crippen LogP contribution in [-0.2, 0) is 15.0 Å². The third kappa shape index (κ3) is 3.44. The minimum Gasteiger partial charge on any atom is -0.303 e. The van der Waals surface area contributed by atoms with Crippen molar-refractivity contribution < 1.29 is 9.59 Å². The molecule has 1 aromatic rings. The van der Waals surface area contributed by atoms with Gasteiger partial charge in [-0.1, -0.05) is 38.1 Å². The van der Waals surface area contributed by atoms with Crippen LogP contribution in [0.1, 0.15) is 76.0 Å². The van der Waals surface area contributed by atoms with Gasteiger partial charge in [0.25, 0.3) is 0 Å². The molecule has 0 radical (unpaired) electrons. The molecule has 0 saturated carbocycles. The Kier molecular flexibility index (Phi) is 5.11. The first-order valence-electron chi connectivity index (χ1n) is 10.7. The molecule has 0 N–H and O–H groups in total. The summed E-state index contributed by atoms with van der Waals surface area (Å²) < 4.78 is 0. The van der Waals surface area contributed by atoms with Gasteiger partial charge in [-0.05, 0) is 74.2 Å². The fraction of sp³-hybridized carbons (Fsp3) is 0.652. The van der Waals surface area contributed by atoms with Gasteiger partial charge in [0.1, 0.15) is 0 Å². The largest absolute Gasteiger partial charge is 0.303 e. The molecule has 27 heavy (non-hydrogen) atoms. The average Bonchev–Trinajstić information content (AvgIpc) is 3.00. The van der Waals surface area contributed by atoms with Crippen LogP contribution in [-0.4, -0.2) is 41.2 Å². The van der Waals surface area contributed by atoms with E-state index in [0.29, 0.717) is 12.8 Å². The third-order valence-corrected chi connectivity index (χ3v) is 7.03. The lowest BCUT2D eigenvalue weighted by atomic mass is 9.63. The molecule has 146 valence electrons. The first-order valence-corrected chi connectivity index (χ1v) is 10.7. The number of hydrogen-bond donors (Lipinski definition) is 0. The molecule has 2 heterocycles. The number of piperidine rings is 1. The third-order valence-electron chi connectivity index (χ3n) is 7.03. The lowest BCUT2D eigenvalue weighted by molar-refractivity contribution is -0.141. The Morgan fingerprint density at radius 2 is 1.70 bits per heavy atom. The van der Waals surface area contributed by atoms with Gasteiger partial charge < -0.3 is 4.90 Å². The number of nitrogens with zero attached hydrogens (tertiary/aromatic N) is 2. The summed E-state index contributed by atoms with van der Waals surface area (Å²) in [4.78, 5) is 28.9. The molecule has 4 heteroatoms. The van der Waals surface area contributed by atoms with Gasteiger partial charge in [-0.3, -0.25) is 14.5 Å². The number of hydrogen-bond acceptors (Lipinski definition) is 3. The van der Waals surface area contributed by atoms with Gasteiger partial charge >= 0.3 is 0 Å². The minimum atomic E-state index is -0.0479. The zero-order valence-corrected chi connectivity index (χ0v) is 16.7. The van der Waals surface area contributed by atoms with Crippen LogP contribution in [0.4, 0.5) is 0 Å². The molecular formula is C23H32N2O2. The number of imide groups is 1. The van der Waals surface area contributed by atoms with Gasteiger partial charge in [-0.2, -0.15) is 0 Å². The van der Waals surface area contributed by atoms with Crippen LogP contribution in [0.25, 0.3) is 0 Å². The van der Waals surface area contributed by atoms with E-state index in [1.807, 2.05) is 0 Å². The molecule has 1 unspecified atom stereocenters. The summed E-state index contributed by atoms with van der Waals surface area (Å²) in [5.41, 5.74) is 2.85. The van der Waals surface area contributed by atoms with Crippen molar-refractivity contribution in [3.05, 3.63) is 35.4 Å². The highest BCUT2D eigenvalue weighted by Gasteiger charge is 2.45. The van der Waals surface area contributed by atoms with E-state index in [0.717, 1.165) is 31.8 Å². The maximum atomic E-state index is 12.3. The van der Waals surface area contributed by atoms with Gasteiger partial charge in [0.2, 0.25) is 11.8 Å². The fourth-order valence-corrected chi connectivity index (χ4v) is 5.35. The minimum absolute atomic E-state index is 0.0132. The summed E-state index contributed by atoms with van der Waals surface area (Å²) in [6, 6.07) is 8.56. The van der Waals surface area contributed by atoms with Crippen molar-refractivity contribution in [1.82, 2.24) is 9.80 Å². The van der Waals surface area contributed by atoms with E-state index in [9.17, 15) is 9.59 Å². The van der Waals surface area contributed by atoms with Crippen molar-refractivity contribution in [2.75, 3.05) is 19.6 Å². The lowest BCUT2D eigenvalue weighted by Crippen LogP contribution is -2.47. The molecule has 1 aromatic carbocycles. The van der Waals surface area contributed by atoms with Gasteiger partial charge in [0.05, 0.1) is 6.04 Å². The Bertz CT molecular complexity index is 703. The molecule has 1 aliphatic carbocycles. The van der Waals surface area contributed by atoms with E-state index in [1.54, 1.807) is 4.90 Å². The maximum absolute atomic E-state index is 12.3. The molecule has 2 amide bonds. The molecule has 4 rings (SSSR count). The van der Waals surface area contributed by atoms with Crippen LogP contribution in [0.2, 0.25) is 0 Å². The van der Waals surface area contributed by atoms with Crippen molar-refractivity contribution >= 4 is 11.8 Å². The highest BCUT2D eigenvalue weighted by Crippen LogP contribution is 2.50. The predicted molar refractivity (Wildman–Crippen MR) is 106 cm³/mol. The van der Waals surface area contributed by atoms with Gasteiger partial charge in [0, 0.05) is 12.8 Å². The second-order valence-corrected chi connectivity index (χ2v) is 9.10. The SMILES string of the molecule is CC(C)CCN1CCC2(CCC(N3C(=O)CCC3=O)c3ccccc32)CC1. The predicted octanol–water partition coefficient (Wildman–Crippen LogP) is 4.05. The average molecular weight is 369 g/mol. The van der Waals surface area contributed by atoms with Gasteiger partial charge in [-0.15, -0.1) is 0 Å². The number of amides is 2. The van der Waals surface area contributed by atoms with Crippen LogP contribution < -0.4 is 0 Å². The number of rotatable bonds is 4. The molecule has 3 aliphatic rings. The topological polar surface area (TPSA) is 40.6 Å². The van der Waals surface area contributed by atoms with Crippen molar-refractivity contribution in [2.45, 2.75) is 70.3 Å². The number of likely N-dealkylation sites (tertiary alicyclic amines) is 2. The Labute approximate surface area is 162 Å². The monoisotopic (exact) mass is 368 g/mol. The molecule has 4 nitrogen and oxygen atoms in total. The fourth-order valence-electron chi connectivity index (χ4n) is 5.35. The van der Waals surface area contributed by atoms with E-state index in [1.165, 1.54) is 36.9 Å². The summed E-state index contributed by atoms with van der Waals surface area (Å²) in [7, 11) is 0. The Morgan fingerprint density at radius 1 is 1.04 bits per heavy atom. The highest BCUT2D eigenvalue weighted by molar-refractivity contribution is 6.02. The summed E-state index contributed by atoms with van der Waals surface area (Å²) in [5.74, 6) is 0.783. The Balaban J connectivity index is 1.55. The molecule has 0 aromatic heterocycles. The zero-order valence-electron chi connectivity index (χ0n) is 16.7. The van der Waals surface area contributed by atoms with Crippen molar-refractivity contribution in [2.24, 2.45) is 5.92 Å². The van der Waals surface area contributed by atoms with E-state index in [4.69, 9.17) is 0 Å². The summed E-state index contributed by atoms with van der Waals surface area (Å²) in [6.07, 6.45) is 6.42. The molecule has 1 atom stereocenters. The maximum Gasteiger partial charge on any atom is 0.230 e. The quantitative estimate of drug-likeness (QED) is 0.753. The van der Waals surface area contributed by atoms with Crippen molar-refractivity contribution in [1.29, 1.82) is 0 Å². The summed E-state index contributed by atoms with van der Waals surface area (Å²) >= 11 is 0. The number of fused-ring (bicyclic) bond motifs is 2. The molecule has 2 saturated heterocycles. The standard InChI is InChI=1S/C23H32N2O2/c1-17(2)10-14-24-15-12-23(13-16-24)11-9-20(18-5-3-4-6-19(18)23)25-21(26)7-8-22(25)27/h3-6,17,20H,7-16H2,1-2H3. The van der Waals surface area contributed by atoms with Crippen LogP contribution in [0.15, 0.2) is 24.3 Å². The van der Waals surface area contributed by atoms with Crippen molar-refractivity contribution in [3.63, 3.8) is 0 Å². The molecule has 1 spiro atoms. The van der Waals surface area contributed by atoms with Crippen molar-refractivity contribution in [3.8, 4) is 0 Å². The van der Waals surface area contributed by atoms with Crippen LogP contribution in [0.5, 0.6) is 0 Å². The highest BCUT2D eigenvalue weighted by atomic mass is 16.2.